The minimum Gasteiger partial charge on any atom is -0.477 e. The fourth-order valence-corrected chi connectivity index (χ4v) is 6.85. The van der Waals surface area contributed by atoms with E-state index in [9.17, 15) is 24.3 Å². The monoisotopic (exact) mass is 505 g/mol. The van der Waals surface area contributed by atoms with Crippen molar-refractivity contribution in [1.29, 1.82) is 0 Å². The van der Waals surface area contributed by atoms with Crippen molar-refractivity contribution in [2.24, 2.45) is 24.8 Å². The smallest absolute Gasteiger partial charge is 0.353 e. The number of ketones is 1. The number of carbonyl (C=O) groups excluding carboxylic acids is 3. The Bertz CT molecular complexity index is 1090. The van der Waals surface area contributed by atoms with Gasteiger partial charge < -0.3 is 20.2 Å². The quantitative estimate of drug-likeness (QED) is 0.427. The summed E-state index contributed by atoms with van der Waals surface area (Å²) in [6.07, 6.45) is 0.815. The van der Waals surface area contributed by atoms with Crippen molar-refractivity contribution in [2.75, 3.05) is 20.6 Å². The van der Waals surface area contributed by atoms with Crippen molar-refractivity contribution in [2.45, 2.75) is 50.4 Å². The average Bonchev–Trinajstić information content (AvgIpc) is 3.46. The van der Waals surface area contributed by atoms with Crippen LogP contribution in [-0.4, -0.2) is 96.7 Å². The number of rotatable bonds is 9. The summed E-state index contributed by atoms with van der Waals surface area (Å²) >= 11 is 1.45. The largest absolute Gasteiger partial charge is 0.477 e. The van der Waals surface area contributed by atoms with E-state index >= 15 is 0 Å². The Labute approximate surface area is 207 Å². The number of fused-ring (bicyclic) bond motifs is 1. The molecule has 4 rings (SSSR count). The first-order chi connectivity index (χ1) is 16.5. The van der Waals surface area contributed by atoms with Gasteiger partial charge in [0.2, 0.25) is 11.8 Å². The Balaban J connectivity index is 1.43. The van der Waals surface area contributed by atoms with Crippen LogP contribution >= 0.6 is 11.8 Å². The van der Waals surface area contributed by atoms with E-state index in [0.717, 1.165) is 0 Å². The maximum absolute atomic E-state index is 13.1. The highest BCUT2D eigenvalue weighted by atomic mass is 32.2. The van der Waals surface area contributed by atoms with Gasteiger partial charge in [0.1, 0.15) is 11.5 Å². The first kappa shape index (κ1) is 25.3. The Morgan fingerprint density at radius 1 is 1.31 bits per heavy atom. The molecule has 0 unspecified atom stereocenters. The van der Waals surface area contributed by atoms with Crippen molar-refractivity contribution >= 4 is 35.3 Å². The van der Waals surface area contributed by atoms with Gasteiger partial charge in [0.05, 0.1) is 31.5 Å². The highest BCUT2D eigenvalue weighted by molar-refractivity contribution is 8.03. The SMILES string of the molecule is C[C@@H](CC(=O)Cc1nnn(C)n1)[C@H]1C(=O)N2C(C(=O)O)=C(S[C@@H]3CN[C@H](C(=O)N(C)C)C3)[C@H](C)[C@H]12. The summed E-state index contributed by atoms with van der Waals surface area (Å²) in [5.41, 5.74) is 0.0402. The second kappa shape index (κ2) is 9.69. The van der Waals surface area contributed by atoms with Gasteiger partial charge in [-0.15, -0.1) is 22.0 Å². The molecular weight excluding hydrogens is 474 g/mol. The molecule has 3 aliphatic heterocycles. The van der Waals surface area contributed by atoms with Gasteiger partial charge in [-0.3, -0.25) is 14.4 Å². The van der Waals surface area contributed by atoms with Crippen LogP contribution in [0.15, 0.2) is 10.6 Å². The van der Waals surface area contributed by atoms with Crippen molar-refractivity contribution in [3.8, 4) is 0 Å². The average molecular weight is 506 g/mol. The number of carboxylic acid groups (broad SMARTS) is 1. The molecule has 2 saturated heterocycles. The predicted molar refractivity (Wildman–Crippen MR) is 126 cm³/mol. The Morgan fingerprint density at radius 2 is 2.03 bits per heavy atom. The third-order valence-corrected chi connectivity index (χ3v) is 8.49. The molecule has 0 bridgehead atoms. The van der Waals surface area contributed by atoms with E-state index in [1.807, 2.05) is 13.8 Å². The van der Waals surface area contributed by atoms with Gasteiger partial charge in [-0.2, -0.15) is 4.80 Å². The lowest BCUT2D eigenvalue weighted by molar-refractivity contribution is -0.160. The molecule has 1 aromatic rings. The lowest BCUT2D eigenvalue weighted by Gasteiger charge is -2.47. The fraction of sp³-hybridized carbons (Fsp3) is 0.682. The number of aromatic nitrogens is 4. The zero-order chi connectivity index (χ0) is 25.6. The van der Waals surface area contributed by atoms with Gasteiger partial charge in [-0.1, -0.05) is 13.8 Å². The molecule has 12 nitrogen and oxygen atoms in total. The number of carbonyl (C=O) groups is 4. The fourth-order valence-electron chi connectivity index (χ4n) is 5.37. The first-order valence-electron chi connectivity index (χ1n) is 11.7. The van der Waals surface area contributed by atoms with Crippen molar-refractivity contribution in [3.63, 3.8) is 0 Å². The molecule has 0 spiro atoms. The van der Waals surface area contributed by atoms with E-state index in [2.05, 4.69) is 20.7 Å². The molecule has 1 aromatic heterocycles. The summed E-state index contributed by atoms with van der Waals surface area (Å²) in [6.45, 7) is 4.39. The number of carboxylic acids is 1. The summed E-state index contributed by atoms with van der Waals surface area (Å²) in [7, 11) is 5.04. The van der Waals surface area contributed by atoms with Crippen molar-refractivity contribution in [1.82, 2.24) is 35.3 Å². The third-order valence-electron chi connectivity index (χ3n) is 6.98. The zero-order valence-electron chi connectivity index (χ0n) is 20.5. The molecule has 6 atom stereocenters. The number of aliphatic carboxylic acids is 1. The Hall–Kier alpha value is -2.80. The lowest BCUT2D eigenvalue weighted by atomic mass is 9.73. The number of amides is 2. The zero-order valence-corrected chi connectivity index (χ0v) is 21.3. The number of aryl methyl sites for hydroxylation is 1. The molecule has 2 fully saturated rings. The molecule has 0 aromatic carbocycles. The second-order valence-electron chi connectivity index (χ2n) is 9.79. The van der Waals surface area contributed by atoms with Gasteiger partial charge >= 0.3 is 5.97 Å². The number of nitrogens with one attached hydrogen (secondary N) is 1. The molecular formula is C22H31N7O5S. The molecule has 0 aliphatic carbocycles. The van der Waals surface area contributed by atoms with Gasteiger partial charge in [0.25, 0.3) is 0 Å². The van der Waals surface area contributed by atoms with E-state index in [1.165, 1.54) is 21.5 Å². The van der Waals surface area contributed by atoms with Gasteiger partial charge in [-0.05, 0) is 17.6 Å². The first-order valence-corrected chi connectivity index (χ1v) is 12.5. The third kappa shape index (κ3) is 4.70. The van der Waals surface area contributed by atoms with Crippen LogP contribution in [0.5, 0.6) is 0 Å². The summed E-state index contributed by atoms with van der Waals surface area (Å²) in [5.74, 6) is -1.98. The van der Waals surface area contributed by atoms with E-state index in [4.69, 9.17) is 0 Å². The topological polar surface area (TPSA) is 151 Å². The number of hydrogen-bond acceptors (Lipinski definition) is 9. The van der Waals surface area contributed by atoms with Crippen LogP contribution < -0.4 is 5.32 Å². The number of likely N-dealkylation sites (N-methyl/N-ethyl adjacent to an activating group) is 1. The number of β-lactam (4-membered cyclic amide) rings is 1. The maximum Gasteiger partial charge on any atom is 0.353 e. The minimum atomic E-state index is -1.13. The van der Waals surface area contributed by atoms with Crippen LogP contribution in [0.3, 0.4) is 0 Å². The minimum absolute atomic E-state index is 0.00533. The number of thioether (sulfide) groups is 1. The number of hydrogen-bond donors (Lipinski definition) is 2. The van der Waals surface area contributed by atoms with E-state index in [-0.39, 0.29) is 65.3 Å². The van der Waals surface area contributed by atoms with Crippen LogP contribution in [0.1, 0.15) is 32.5 Å². The Kier molecular flexibility index (Phi) is 7.00. The van der Waals surface area contributed by atoms with E-state index in [1.54, 1.807) is 26.0 Å². The Morgan fingerprint density at radius 3 is 2.63 bits per heavy atom. The number of Topliss-reactive ketones (excluding diaryl/α,β-unsaturated/α-hetero) is 1. The highest BCUT2D eigenvalue weighted by Gasteiger charge is 2.60. The maximum atomic E-state index is 13.1. The van der Waals surface area contributed by atoms with Crippen LogP contribution in [0.2, 0.25) is 0 Å². The number of tetrazole rings is 1. The molecule has 2 amide bonds. The summed E-state index contributed by atoms with van der Waals surface area (Å²) in [5, 5.41) is 24.8. The molecule has 3 aliphatic rings. The molecule has 35 heavy (non-hydrogen) atoms. The van der Waals surface area contributed by atoms with E-state index in [0.29, 0.717) is 23.7 Å². The number of nitrogens with zero attached hydrogens (tertiary/aromatic N) is 6. The summed E-state index contributed by atoms with van der Waals surface area (Å²) in [6, 6.07) is -0.587. The van der Waals surface area contributed by atoms with Crippen molar-refractivity contribution < 1.29 is 24.3 Å². The van der Waals surface area contributed by atoms with Gasteiger partial charge in [-0.25, -0.2) is 4.79 Å². The van der Waals surface area contributed by atoms with Crippen LogP contribution in [-0.2, 0) is 32.6 Å². The van der Waals surface area contributed by atoms with Gasteiger partial charge in [0, 0.05) is 43.1 Å². The molecule has 13 heteroatoms. The van der Waals surface area contributed by atoms with Crippen LogP contribution in [0.4, 0.5) is 0 Å². The highest BCUT2D eigenvalue weighted by Crippen LogP contribution is 2.53. The molecule has 2 N–H and O–H groups in total. The predicted octanol–water partition coefficient (Wildman–Crippen LogP) is -0.327. The van der Waals surface area contributed by atoms with E-state index < -0.39 is 11.9 Å². The second-order valence-corrected chi connectivity index (χ2v) is 11.1. The molecule has 190 valence electrons. The van der Waals surface area contributed by atoms with Gasteiger partial charge in [0.15, 0.2) is 5.82 Å². The summed E-state index contributed by atoms with van der Waals surface area (Å²) < 4.78 is 0. The normalized spacial score (nSPS) is 28.7. The van der Waals surface area contributed by atoms with Crippen LogP contribution in [0.25, 0.3) is 0 Å². The lowest BCUT2D eigenvalue weighted by Crippen LogP contribution is -2.62. The standard InChI is InChI=1S/C22H31N7O5S/c1-10(6-12(30)7-15-24-26-28(5)25-15)16-17-11(2)19(18(22(33)34)29(17)21(16)32)35-13-8-14(23-9-13)20(31)27(3)4/h10-11,13-14,16-17,23H,6-9H2,1-5H3,(H,33,34)/t10-,11+,13-,14-,16+,17+/m0/s1. The molecule has 0 radical (unpaired) electrons. The molecule has 0 saturated carbocycles. The van der Waals surface area contributed by atoms with Crippen LogP contribution in [0, 0.1) is 17.8 Å². The summed E-state index contributed by atoms with van der Waals surface area (Å²) in [4.78, 5) is 55.0. The molecule has 4 heterocycles. The van der Waals surface area contributed by atoms with Crippen molar-refractivity contribution in [3.05, 3.63) is 16.4 Å².